The van der Waals surface area contributed by atoms with E-state index in [1.54, 1.807) is 7.11 Å². The molecule has 0 aliphatic carbocycles. The monoisotopic (exact) mass is 284 g/mol. The minimum absolute atomic E-state index is 0.00888. The predicted molar refractivity (Wildman–Crippen MR) is 77.7 cm³/mol. The molecule has 0 aromatic rings. The Morgan fingerprint density at radius 1 is 1.30 bits per heavy atom. The number of nitrogens with zero attached hydrogens (tertiary/aromatic N) is 1. The molecule has 2 saturated heterocycles. The number of hydrogen-bond donors (Lipinski definition) is 1. The molecule has 2 rings (SSSR count). The molecule has 20 heavy (non-hydrogen) atoms. The molecule has 2 aliphatic rings. The molecule has 0 aromatic carbocycles. The number of hydrogen-bond acceptors (Lipinski definition) is 4. The summed E-state index contributed by atoms with van der Waals surface area (Å²) in [5.74, 6) is 0.109. The zero-order valence-electron chi connectivity index (χ0n) is 13.0. The quantitative estimate of drug-likeness (QED) is 0.842. The lowest BCUT2D eigenvalue weighted by molar-refractivity contribution is -0.136. The SMILES string of the molecule is COCC(=O)N1CCC(NC2CCOC(C)(C)C2)CC1. The number of carbonyl (C=O) groups excluding carboxylic acids is 1. The van der Waals surface area contributed by atoms with Gasteiger partial charge in [-0.1, -0.05) is 0 Å². The highest BCUT2D eigenvalue weighted by Gasteiger charge is 2.31. The van der Waals surface area contributed by atoms with Crippen LogP contribution in [0.25, 0.3) is 0 Å². The molecule has 0 bridgehead atoms. The fraction of sp³-hybridized carbons (Fsp3) is 0.933. The van der Waals surface area contributed by atoms with E-state index in [2.05, 4.69) is 19.2 Å². The largest absolute Gasteiger partial charge is 0.375 e. The van der Waals surface area contributed by atoms with Crippen molar-refractivity contribution in [2.24, 2.45) is 0 Å². The molecule has 0 radical (unpaired) electrons. The highest BCUT2D eigenvalue weighted by molar-refractivity contribution is 5.77. The number of rotatable bonds is 4. The minimum Gasteiger partial charge on any atom is -0.375 e. The summed E-state index contributed by atoms with van der Waals surface area (Å²) >= 11 is 0. The topological polar surface area (TPSA) is 50.8 Å². The second kappa shape index (κ2) is 6.87. The van der Waals surface area contributed by atoms with Gasteiger partial charge in [0.05, 0.1) is 5.60 Å². The zero-order chi connectivity index (χ0) is 14.6. The number of ether oxygens (including phenoxy) is 2. The summed E-state index contributed by atoms with van der Waals surface area (Å²) in [5.41, 5.74) is -0.00888. The Labute approximate surface area is 122 Å². The Morgan fingerprint density at radius 2 is 2.00 bits per heavy atom. The van der Waals surface area contributed by atoms with Crippen LogP contribution in [0.3, 0.4) is 0 Å². The van der Waals surface area contributed by atoms with Crippen molar-refractivity contribution in [2.75, 3.05) is 33.4 Å². The van der Waals surface area contributed by atoms with E-state index in [1.165, 1.54) is 0 Å². The Hall–Kier alpha value is -0.650. The van der Waals surface area contributed by atoms with Crippen LogP contribution >= 0.6 is 0 Å². The summed E-state index contributed by atoms with van der Waals surface area (Å²) in [6, 6.07) is 1.07. The summed E-state index contributed by atoms with van der Waals surface area (Å²) in [7, 11) is 1.57. The van der Waals surface area contributed by atoms with Crippen LogP contribution in [-0.4, -0.2) is 61.9 Å². The first kappa shape index (κ1) is 15.7. The number of likely N-dealkylation sites (tertiary alicyclic amines) is 1. The van der Waals surface area contributed by atoms with Gasteiger partial charge >= 0.3 is 0 Å². The summed E-state index contributed by atoms with van der Waals surface area (Å²) in [4.78, 5) is 13.7. The highest BCUT2D eigenvalue weighted by atomic mass is 16.5. The number of nitrogens with one attached hydrogen (secondary N) is 1. The van der Waals surface area contributed by atoms with Crippen LogP contribution in [0.4, 0.5) is 0 Å². The van der Waals surface area contributed by atoms with Gasteiger partial charge in [0.15, 0.2) is 0 Å². The molecule has 2 heterocycles. The average molecular weight is 284 g/mol. The van der Waals surface area contributed by atoms with Crippen molar-refractivity contribution in [1.29, 1.82) is 0 Å². The lowest BCUT2D eigenvalue weighted by Crippen LogP contribution is -2.51. The van der Waals surface area contributed by atoms with Gasteiger partial charge in [0, 0.05) is 38.9 Å². The van der Waals surface area contributed by atoms with Crippen molar-refractivity contribution >= 4 is 5.91 Å². The number of amides is 1. The molecule has 1 atom stereocenters. The van der Waals surface area contributed by atoms with Gasteiger partial charge in [0.2, 0.25) is 5.91 Å². The summed E-state index contributed by atoms with van der Waals surface area (Å²) in [6.45, 7) is 7.04. The van der Waals surface area contributed by atoms with Crippen molar-refractivity contribution < 1.29 is 14.3 Å². The Bertz CT molecular complexity index is 325. The molecule has 0 spiro atoms. The van der Waals surface area contributed by atoms with E-state index < -0.39 is 0 Å². The number of piperidine rings is 1. The molecule has 5 heteroatoms. The van der Waals surface area contributed by atoms with Crippen molar-refractivity contribution in [3.63, 3.8) is 0 Å². The van der Waals surface area contributed by atoms with Gasteiger partial charge in [0.25, 0.3) is 0 Å². The molecule has 1 amide bonds. The molecular formula is C15H28N2O3. The zero-order valence-corrected chi connectivity index (χ0v) is 13.0. The van der Waals surface area contributed by atoms with E-state index in [9.17, 15) is 4.79 Å². The van der Waals surface area contributed by atoms with Crippen molar-refractivity contribution in [3.05, 3.63) is 0 Å². The van der Waals surface area contributed by atoms with Crippen LogP contribution in [0.5, 0.6) is 0 Å². The van der Waals surface area contributed by atoms with E-state index in [-0.39, 0.29) is 18.1 Å². The maximum absolute atomic E-state index is 11.7. The van der Waals surface area contributed by atoms with Crippen LogP contribution < -0.4 is 5.32 Å². The second-order valence-electron chi connectivity index (χ2n) is 6.55. The normalized spacial score (nSPS) is 27.6. The number of carbonyl (C=O) groups is 1. The van der Waals surface area contributed by atoms with Crippen molar-refractivity contribution in [2.45, 2.75) is 57.2 Å². The van der Waals surface area contributed by atoms with E-state index >= 15 is 0 Å². The van der Waals surface area contributed by atoms with Gasteiger partial charge < -0.3 is 19.7 Å². The third-order valence-corrected chi connectivity index (χ3v) is 4.28. The fourth-order valence-corrected chi connectivity index (χ4v) is 3.22. The van der Waals surface area contributed by atoms with E-state index in [0.717, 1.165) is 45.4 Å². The average Bonchev–Trinajstić information content (AvgIpc) is 2.38. The van der Waals surface area contributed by atoms with Gasteiger partial charge in [-0.15, -0.1) is 0 Å². The van der Waals surface area contributed by atoms with Crippen LogP contribution in [0.2, 0.25) is 0 Å². The third kappa shape index (κ3) is 4.43. The summed E-state index contributed by atoms with van der Waals surface area (Å²) < 4.78 is 10.7. The van der Waals surface area contributed by atoms with Crippen LogP contribution in [0.1, 0.15) is 39.5 Å². The van der Waals surface area contributed by atoms with Gasteiger partial charge in [-0.25, -0.2) is 0 Å². The molecule has 1 N–H and O–H groups in total. The van der Waals surface area contributed by atoms with Crippen LogP contribution in [-0.2, 0) is 14.3 Å². The van der Waals surface area contributed by atoms with Gasteiger partial charge in [0.1, 0.15) is 6.61 Å². The Balaban J connectivity index is 1.73. The molecule has 2 aliphatic heterocycles. The maximum atomic E-state index is 11.7. The first-order valence-corrected chi connectivity index (χ1v) is 7.67. The van der Waals surface area contributed by atoms with E-state index in [4.69, 9.17) is 9.47 Å². The van der Waals surface area contributed by atoms with Crippen molar-refractivity contribution in [3.8, 4) is 0 Å². The van der Waals surface area contributed by atoms with Gasteiger partial charge in [-0.2, -0.15) is 0 Å². The van der Waals surface area contributed by atoms with Crippen molar-refractivity contribution in [1.82, 2.24) is 10.2 Å². The first-order chi connectivity index (χ1) is 9.50. The lowest BCUT2D eigenvalue weighted by Gasteiger charge is -2.39. The molecule has 5 nitrogen and oxygen atoms in total. The molecule has 2 fully saturated rings. The second-order valence-corrected chi connectivity index (χ2v) is 6.55. The first-order valence-electron chi connectivity index (χ1n) is 7.67. The Kier molecular flexibility index (Phi) is 5.41. The molecule has 116 valence electrons. The summed E-state index contributed by atoms with van der Waals surface area (Å²) in [5, 5.41) is 3.76. The molecular weight excluding hydrogens is 256 g/mol. The third-order valence-electron chi connectivity index (χ3n) is 4.28. The van der Waals surface area contributed by atoms with E-state index in [1.807, 2.05) is 4.90 Å². The lowest BCUT2D eigenvalue weighted by atomic mass is 9.92. The minimum atomic E-state index is -0.00888. The fourth-order valence-electron chi connectivity index (χ4n) is 3.22. The number of methoxy groups -OCH3 is 1. The molecule has 1 unspecified atom stereocenters. The Morgan fingerprint density at radius 3 is 2.60 bits per heavy atom. The van der Waals surface area contributed by atoms with E-state index in [0.29, 0.717) is 12.1 Å². The highest BCUT2D eigenvalue weighted by Crippen LogP contribution is 2.25. The summed E-state index contributed by atoms with van der Waals surface area (Å²) in [6.07, 6.45) is 4.22. The van der Waals surface area contributed by atoms with Gasteiger partial charge in [-0.3, -0.25) is 4.79 Å². The van der Waals surface area contributed by atoms with Gasteiger partial charge in [-0.05, 0) is 39.5 Å². The predicted octanol–water partition coefficient (Wildman–Crippen LogP) is 1.17. The molecule has 0 aromatic heterocycles. The van der Waals surface area contributed by atoms with Crippen LogP contribution in [0.15, 0.2) is 0 Å². The smallest absolute Gasteiger partial charge is 0.248 e. The van der Waals surface area contributed by atoms with Crippen LogP contribution in [0, 0.1) is 0 Å². The maximum Gasteiger partial charge on any atom is 0.248 e. The molecule has 0 saturated carbocycles. The standard InChI is InChI=1S/C15H28N2O3/c1-15(2)10-13(6-9-20-15)16-12-4-7-17(8-5-12)14(18)11-19-3/h12-13,16H,4-11H2,1-3H3.